The molecule has 136 valence electrons. The first-order valence-corrected chi connectivity index (χ1v) is 9.62. The smallest absolute Gasteiger partial charge is 0.236 e. The fourth-order valence-electron chi connectivity index (χ4n) is 3.13. The number of hydrogen-bond donors (Lipinski definition) is 1. The van der Waals surface area contributed by atoms with E-state index in [4.69, 9.17) is 4.42 Å². The van der Waals surface area contributed by atoms with E-state index in [0.29, 0.717) is 0 Å². The molecule has 7 nitrogen and oxygen atoms in total. The number of nitrogens with one attached hydrogen (secondary N) is 1. The number of quaternary nitrogens is 1. The highest BCUT2D eigenvalue weighted by Gasteiger charge is 2.28. The normalized spacial score (nSPS) is 17.0. The molecule has 1 N–H and O–H groups in total. The van der Waals surface area contributed by atoms with Crippen LogP contribution in [0.15, 0.2) is 21.9 Å². The summed E-state index contributed by atoms with van der Waals surface area (Å²) in [5, 5.41) is 9.10. The van der Waals surface area contributed by atoms with Gasteiger partial charge in [-0.3, -0.25) is 4.79 Å². The fourth-order valence-corrected chi connectivity index (χ4v) is 4.03. The number of amides is 1. The summed E-state index contributed by atoms with van der Waals surface area (Å²) in [5.41, 5.74) is 0.930. The van der Waals surface area contributed by atoms with Gasteiger partial charge in [0.15, 0.2) is 11.0 Å². The van der Waals surface area contributed by atoms with Crippen molar-refractivity contribution in [1.29, 1.82) is 0 Å². The molecule has 1 aliphatic heterocycles. The summed E-state index contributed by atoms with van der Waals surface area (Å²) in [6, 6.07) is 1.89. The Morgan fingerprint density at radius 2 is 2.12 bits per heavy atom. The molecule has 0 aromatic carbocycles. The lowest BCUT2D eigenvalue weighted by molar-refractivity contribution is -0.902. The Bertz CT molecular complexity index is 733. The monoisotopic (exact) mass is 364 g/mol. The third-order valence-corrected chi connectivity index (χ3v) is 5.97. The van der Waals surface area contributed by atoms with E-state index in [1.54, 1.807) is 11.2 Å². The Morgan fingerprint density at radius 1 is 1.40 bits per heavy atom. The molecule has 0 saturated carbocycles. The lowest BCUT2D eigenvalue weighted by Crippen LogP contribution is -3.14. The van der Waals surface area contributed by atoms with Crippen LogP contribution >= 0.6 is 11.8 Å². The van der Waals surface area contributed by atoms with Crippen molar-refractivity contribution in [3.8, 4) is 11.4 Å². The van der Waals surface area contributed by atoms with Crippen molar-refractivity contribution in [3.05, 3.63) is 18.1 Å². The van der Waals surface area contributed by atoms with Crippen LogP contribution in [0.1, 0.15) is 19.6 Å². The van der Waals surface area contributed by atoms with Crippen molar-refractivity contribution < 1.29 is 14.1 Å². The molecule has 3 heterocycles. The number of aryl methyl sites for hydroxylation is 1. The number of hydrogen-bond acceptors (Lipinski definition) is 5. The minimum absolute atomic E-state index is 0.177. The maximum atomic E-state index is 12.7. The van der Waals surface area contributed by atoms with Crippen molar-refractivity contribution in [2.45, 2.75) is 31.2 Å². The van der Waals surface area contributed by atoms with Crippen molar-refractivity contribution in [1.82, 2.24) is 19.7 Å². The van der Waals surface area contributed by atoms with Gasteiger partial charge in [-0.1, -0.05) is 11.8 Å². The van der Waals surface area contributed by atoms with Crippen LogP contribution in [0.2, 0.25) is 0 Å². The van der Waals surface area contributed by atoms with Crippen LogP contribution in [0.5, 0.6) is 0 Å². The number of likely N-dealkylation sites (N-methyl/N-ethyl adjacent to an activating group) is 1. The molecule has 0 spiro atoms. The highest BCUT2D eigenvalue weighted by Crippen LogP contribution is 2.28. The summed E-state index contributed by atoms with van der Waals surface area (Å²) < 4.78 is 7.27. The summed E-state index contributed by atoms with van der Waals surface area (Å²) >= 11 is 1.46. The minimum atomic E-state index is -0.177. The van der Waals surface area contributed by atoms with Crippen LogP contribution in [0.25, 0.3) is 11.4 Å². The average Bonchev–Trinajstić information content (AvgIpc) is 3.20. The molecule has 0 unspecified atom stereocenters. The molecule has 25 heavy (non-hydrogen) atoms. The van der Waals surface area contributed by atoms with Crippen LogP contribution in [-0.4, -0.2) is 63.5 Å². The largest absolute Gasteiger partial charge is 0.469 e. The third-order valence-electron chi connectivity index (χ3n) is 4.85. The standard InChI is InChI=1S/C17H25N5O2S/c1-5-21-7-9-22(10-8-21)16(23)13(3)25-17-19-18-15(20(17)4)14-6-11-24-12(14)2/h6,11,13H,5,7-10H2,1-4H3/p+1/t13-/m0/s1. The number of carbonyl (C=O) groups excluding carboxylic acids is 1. The highest BCUT2D eigenvalue weighted by atomic mass is 32.2. The lowest BCUT2D eigenvalue weighted by Gasteiger charge is -2.32. The van der Waals surface area contributed by atoms with Crippen molar-refractivity contribution in [2.75, 3.05) is 32.7 Å². The van der Waals surface area contributed by atoms with Crippen LogP contribution in [0.4, 0.5) is 0 Å². The zero-order valence-corrected chi connectivity index (χ0v) is 16.1. The first-order valence-electron chi connectivity index (χ1n) is 8.74. The van der Waals surface area contributed by atoms with Gasteiger partial charge in [-0.05, 0) is 26.8 Å². The summed E-state index contributed by atoms with van der Waals surface area (Å²) in [6.07, 6.45) is 1.65. The number of aromatic nitrogens is 3. The first-order chi connectivity index (χ1) is 12.0. The van der Waals surface area contributed by atoms with Gasteiger partial charge < -0.3 is 18.8 Å². The Balaban J connectivity index is 1.65. The van der Waals surface area contributed by atoms with Gasteiger partial charge in [-0.15, -0.1) is 10.2 Å². The van der Waals surface area contributed by atoms with Gasteiger partial charge in [-0.25, -0.2) is 0 Å². The molecule has 2 aromatic heterocycles. The summed E-state index contributed by atoms with van der Waals surface area (Å²) in [7, 11) is 1.92. The molecule has 1 amide bonds. The van der Waals surface area contributed by atoms with Crippen LogP contribution in [0.3, 0.4) is 0 Å². The molecule has 1 saturated heterocycles. The van der Waals surface area contributed by atoms with E-state index in [-0.39, 0.29) is 11.2 Å². The van der Waals surface area contributed by atoms with E-state index in [9.17, 15) is 4.79 Å². The zero-order valence-electron chi connectivity index (χ0n) is 15.3. The van der Waals surface area contributed by atoms with E-state index in [1.807, 2.05) is 36.4 Å². The molecular weight excluding hydrogens is 338 g/mol. The van der Waals surface area contributed by atoms with E-state index in [0.717, 1.165) is 55.0 Å². The van der Waals surface area contributed by atoms with Crippen LogP contribution in [0, 0.1) is 6.92 Å². The number of furan rings is 1. The van der Waals surface area contributed by atoms with Gasteiger partial charge >= 0.3 is 0 Å². The summed E-state index contributed by atoms with van der Waals surface area (Å²) in [6.45, 7) is 10.9. The van der Waals surface area contributed by atoms with Crippen LogP contribution < -0.4 is 4.90 Å². The first kappa shape index (κ1) is 18.0. The third kappa shape index (κ3) is 3.74. The molecule has 1 aliphatic rings. The van der Waals surface area contributed by atoms with Gasteiger partial charge in [0.1, 0.15) is 5.76 Å². The number of rotatable bonds is 5. The summed E-state index contributed by atoms with van der Waals surface area (Å²) in [4.78, 5) is 16.3. The Kier molecular flexibility index (Phi) is 5.48. The molecular formula is C17H26N5O2S+. The van der Waals surface area contributed by atoms with Crippen molar-refractivity contribution >= 4 is 17.7 Å². The van der Waals surface area contributed by atoms with Crippen molar-refractivity contribution in [3.63, 3.8) is 0 Å². The van der Waals surface area contributed by atoms with E-state index < -0.39 is 0 Å². The van der Waals surface area contributed by atoms with Gasteiger partial charge in [-0.2, -0.15) is 0 Å². The number of piperazine rings is 1. The van der Waals surface area contributed by atoms with E-state index >= 15 is 0 Å². The molecule has 1 fully saturated rings. The molecule has 0 bridgehead atoms. The topological polar surface area (TPSA) is 68.6 Å². The Morgan fingerprint density at radius 3 is 2.72 bits per heavy atom. The number of carbonyl (C=O) groups is 1. The zero-order chi connectivity index (χ0) is 18.0. The Labute approximate surface area is 152 Å². The molecule has 1 atom stereocenters. The molecule has 0 aliphatic carbocycles. The van der Waals surface area contributed by atoms with E-state index in [2.05, 4.69) is 17.1 Å². The number of nitrogens with zero attached hydrogens (tertiary/aromatic N) is 4. The fraction of sp³-hybridized carbons (Fsp3) is 0.588. The Hall–Kier alpha value is -1.80. The van der Waals surface area contributed by atoms with Crippen LogP contribution in [-0.2, 0) is 11.8 Å². The second-order valence-corrected chi connectivity index (χ2v) is 7.75. The van der Waals surface area contributed by atoms with Gasteiger partial charge in [0.25, 0.3) is 0 Å². The maximum absolute atomic E-state index is 12.7. The predicted octanol–water partition coefficient (Wildman–Crippen LogP) is 0.611. The number of thioether (sulfide) groups is 1. The predicted molar refractivity (Wildman–Crippen MR) is 96.6 cm³/mol. The van der Waals surface area contributed by atoms with Gasteiger partial charge in [0.2, 0.25) is 5.91 Å². The van der Waals surface area contributed by atoms with Gasteiger partial charge in [0.05, 0.1) is 49.8 Å². The second-order valence-electron chi connectivity index (χ2n) is 6.44. The van der Waals surface area contributed by atoms with Crippen molar-refractivity contribution in [2.24, 2.45) is 7.05 Å². The summed E-state index contributed by atoms with van der Waals surface area (Å²) in [5.74, 6) is 1.75. The minimum Gasteiger partial charge on any atom is -0.469 e. The quantitative estimate of drug-likeness (QED) is 0.788. The second kappa shape index (κ2) is 7.61. The SMILES string of the molecule is CC[NH+]1CCN(C(=O)[C@H](C)Sc2nnc(-c3ccoc3C)n2C)CC1. The molecule has 2 aromatic rings. The average molecular weight is 364 g/mol. The lowest BCUT2D eigenvalue weighted by atomic mass is 10.2. The maximum Gasteiger partial charge on any atom is 0.236 e. The van der Waals surface area contributed by atoms with Gasteiger partial charge in [0, 0.05) is 7.05 Å². The van der Waals surface area contributed by atoms with E-state index in [1.165, 1.54) is 11.8 Å². The highest BCUT2D eigenvalue weighted by molar-refractivity contribution is 8.00. The molecule has 3 rings (SSSR count). The molecule has 0 radical (unpaired) electrons. The molecule has 8 heteroatoms.